The van der Waals surface area contributed by atoms with Gasteiger partial charge in [0.1, 0.15) is 12.4 Å². The van der Waals surface area contributed by atoms with Gasteiger partial charge in [-0.2, -0.15) is 0 Å². The van der Waals surface area contributed by atoms with Gasteiger partial charge in [0.25, 0.3) is 0 Å². The number of piperazine rings is 1. The molecule has 4 rings (SSSR count). The molecule has 134 valence electrons. The lowest BCUT2D eigenvalue weighted by Crippen LogP contribution is -3.13. The van der Waals surface area contributed by atoms with E-state index in [4.69, 9.17) is 4.74 Å². The van der Waals surface area contributed by atoms with Crippen molar-refractivity contribution in [2.45, 2.75) is 32.0 Å². The van der Waals surface area contributed by atoms with Gasteiger partial charge in [-0.15, -0.1) is 5.10 Å². The zero-order chi connectivity index (χ0) is 17.1. The highest BCUT2D eigenvalue weighted by Gasteiger charge is 2.24. The molecular weight excluding hydrogens is 323 g/mol. The van der Waals surface area contributed by atoms with Crippen molar-refractivity contribution in [3.63, 3.8) is 0 Å². The normalized spacial score (nSPS) is 21.8. The maximum absolute atomic E-state index is 13.1. The molecule has 2 saturated heterocycles. The Kier molecular flexibility index (Phi) is 4.89. The molecule has 0 spiro atoms. The molecule has 2 fully saturated rings. The molecule has 0 saturated carbocycles. The van der Waals surface area contributed by atoms with E-state index in [0.717, 1.165) is 70.2 Å². The molecular formula is C17H24FN6O+. The summed E-state index contributed by atoms with van der Waals surface area (Å²) >= 11 is 0. The average Bonchev–Trinajstić information content (AvgIpc) is 3.30. The summed E-state index contributed by atoms with van der Waals surface area (Å²) in [5, 5.41) is 12.2. The van der Waals surface area contributed by atoms with Crippen LogP contribution in [0.2, 0.25) is 0 Å². The molecule has 0 aliphatic carbocycles. The maximum Gasteiger partial charge on any atom is 0.206 e. The Labute approximate surface area is 146 Å². The van der Waals surface area contributed by atoms with Crippen molar-refractivity contribution in [3.8, 4) is 0 Å². The van der Waals surface area contributed by atoms with Crippen molar-refractivity contribution in [1.82, 2.24) is 20.2 Å². The number of hydrogen-bond acceptors (Lipinski definition) is 5. The second-order valence-electron chi connectivity index (χ2n) is 6.80. The van der Waals surface area contributed by atoms with Gasteiger partial charge in [0.15, 0.2) is 0 Å². The van der Waals surface area contributed by atoms with Gasteiger partial charge in [-0.3, -0.25) is 0 Å². The second kappa shape index (κ2) is 7.45. The highest BCUT2D eigenvalue weighted by molar-refractivity contribution is 5.46. The number of aromatic nitrogens is 4. The molecule has 2 aliphatic rings. The van der Waals surface area contributed by atoms with Gasteiger partial charge in [-0.1, -0.05) is 0 Å². The van der Waals surface area contributed by atoms with Crippen molar-refractivity contribution >= 4 is 5.69 Å². The van der Waals surface area contributed by atoms with Crippen LogP contribution < -0.4 is 9.80 Å². The van der Waals surface area contributed by atoms with Crippen LogP contribution in [0.25, 0.3) is 0 Å². The van der Waals surface area contributed by atoms with Gasteiger partial charge in [0.05, 0.1) is 38.8 Å². The van der Waals surface area contributed by atoms with E-state index in [1.807, 2.05) is 16.8 Å². The lowest BCUT2D eigenvalue weighted by Gasteiger charge is -2.33. The molecule has 0 bridgehead atoms. The quantitative estimate of drug-likeness (QED) is 0.818. The van der Waals surface area contributed by atoms with Crippen LogP contribution in [-0.4, -0.2) is 59.1 Å². The molecule has 3 heterocycles. The SMILES string of the molecule is Fc1ccc(N2CC[NH+](Cc3nnnn3C[C@H]3CCCO3)CC2)cc1. The summed E-state index contributed by atoms with van der Waals surface area (Å²) in [6.45, 7) is 6.36. The molecule has 0 unspecified atom stereocenters. The first-order valence-corrected chi connectivity index (χ1v) is 8.98. The summed E-state index contributed by atoms with van der Waals surface area (Å²) < 4.78 is 20.6. The van der Waals surface area contributed by atoms with Crippen LogP contribution in [-0.2, 0) is 17.8 Å². The number of ether oxygens (including phenoxy) is 1. The third kappa shape index (κ3) is 3.96. The van der Waals surface area contributed by atoms with Gasteiger partial charge in [-0.25, -0.2) is 9.07 Å². The zero-order valence-corrected chi connectivity index (χ0v) is 14.3. The molecule has 25 heavy (non-hydrogen) atoms. The fraction of sp³-hybridized carbons (Fsp3) is 0.588. The first-order valence-electron chi connectivity index (χ1n) is 8.98. The Hall–Kier alpha value is -2.06. The number of rotatable bonds is 5. The molecule has 0 amide bonds. The lowest BCUT2D eigenvalue weighted by molar-refractivity contribution is -0.915. The van der Waals surface area contributed by atoms with Gasteiger partial charge in [0.2, 0.25) is 5.82 Å². The van der Waals surface area contributed by atoms with Crippen molar-refractivity contribution in [1.29, 1.82) is 0 Å². The molecule has 0 radical (unpaired) electrons. The molecule has 7 nitrogen and oxygen atoms in total. The smallest absolute Gasteiger partial charge is 0.206 e. The summed E-state index contributed by atoms with van der Waals surface area (Å²) in [6, 6.07) is 6.74. The summed E-state index contributed by atoms with van der Waals surface area (Å²) in [4.78, 5) is 3.78. The summed E-state index contributed by atoms with van der Waals surface area (Å²) in [6.07, 6.45) is 2.45. The topological polar surface area (TPSA) is 60.5 Å². The van der Waals surface area contributed by atoms with E-state index < -0.39 is 0 Å². The Balaban J connectivity index is 1.31. The molecule has 1 aromatic heterocycles. The molecule has 1 atom stereocenters. The van der Waals surface area contributed by atoms with Crippen molar-refractivity contribution in [2.24, 2.45) is 0 Å². The van der Waals surface area contributed by atoms with Crippen LogP contribution in [0.15, 0.2) is 24.3 Å². The highest BCUT2D eigenvalue weighted by atomic mass is 19.1. The number of anilines is 1. The van der Waals surface area contributed by atoms with E-state index in [1.165, 1.54) is 17.0 Å². The predicted molar refractivity (Wildman–Crippen MR) is 89.8 cm³/mol. The lowest BCUT2D eigenvalue weighted by atomic mass is 10.2. The summed E-state index contributed by atoms with van der Waals surface area (Å²) in [7, 11) is 0. The van der Waals surface area contributed by atoms with E-state index in [9.17, 15) is 4.39 Å². The Morgan fingerprint density at radius 1 is 1.20 bits per heavy atom. The van der Waals surface area contributed by atoms with Crippen molar-refractivity contribution in [3.05, 3.63) is 35.9 Å². The van der Waals surface area contributed by atoms with Gasteiger partial charge in [0, 0.05) is 12.3 Å². The van der Waals surface area contributed by atoms with Crippen LogP contribution in [0.4, 0.5) is 10.1 Å². The van der Waals surface area contributed by atoms with Crippen LogP contribution in [0.3, 0.4) is 0 Å². The van der Waals surface area contributed by atoms with Crippen molar-refractivity contribution in [2.75, 3.05) is 37.7 Å². The van der Waals surface area contributed by atoms with Crippen LogP contribution >= 0.6 is 0 Å². The largest absolute Gasteiger partial charge is 0.376 e. The van der Waals surface area contributed by atoms with Crippen LogP contribution in [0.1, 0.15) is 18.7 Å². The molecule has 2 aromatic rings. The Bertz CT molecular complexity index is 677. The number of halogens is 1. The molecule has 8 heteroatoms. The first-order chi connectivity index (χ1) is 12.3. The number of quaternary nitrogens is 1. The van der Waals surface area contributed by atoms with E-state index in [2.05, 4.69) is 20.4 Å². The number of nitrogens with one attached hydrogen (secondary N) is 1. The molecule has 1 aromatic carbocycles. The molecule has 1 N–H and O–H groups in total. The zero-order valence-electron chi connectivity index (χ0n) is 14.3. The summed E-state index contributed by atoms with van der Waals surface area (Å²) in [5.74, 6) is 0.742. The van der Waals surface area contributed by atoms with Crippen LogP contribution in [0, 0.1) is 5.82 Å². The number of hydrogen-bond donors (Lipinski definition) is 1. The fourth-order valence-electron chi connectivity index (χ4n) is 3.61. The Morgan fingerprint density at radius 2 is 2.00 bits per heavy atom. The second-order valence-corrected chi connectivity index (χ2v) is 6.80. The monoisotopic (exact) mass is 347 g/mol. The van der Waals surface area contributed by atoms with Crippen molar-refractivity contribution < 1.29 is 14.0 Å². The van der Waals surface area contributed by atoms with E-state index >= 15 is 0 Å². The fourth-order valence-corrected chi connectivity index (χ4v) is 3.61. The minimum Gasteiger partial charge on any atom is -0.376 e. The first kappa shape index (κ1) is 16.4. The minimum absolute atomic E-state index is 0.189. The Morgan fingerprint density at radius 3 is 2.72 bits per heavy atom. The van der Waals surface area contributed by atoms with Gasteiger partial charge < -0.3 is 14.5 Å². The minimum atomic E-state index is -0.189. The number of benzene rings is 1. The number of nitrogens with zero attached hydrogens (tertiary/aromatic N) is 5. The average molecular weight is 347 g/mol. The summed E-state index contributed by atoms with van der Waals surface area (Å²) in [5.41, 5.74) is 1.09. The maximum atomic E-state index is 13.1. The van der Waals surface area contributed by atoms with E-state index in [1.54, 1.807) is 0 Å². The van der Waals surface area contributed by atoms with Gasteiger partial charge in [-0.05, 0) is 47.5 Å². The van der Waals surface area contributed by atoms with E-state index in [-0.39, 0.29) is 11.9 Å². The standard InChI is InChI=1S/C17H23FN6O/c18-14-3-5-15(6-4-14)23-9-7-22(8-10-23)13-17-19-20-21-24(17)12-16-2-1-11-25-16/h3-6,16H,1-2,7-13H2/p+1/t16-/m1/s1. The number of tetrazole rings is 1. The third-order valence-corrected chi connectivity index (χ3v) is 5.08. The van der Waals surface area contributed by atoms with Crippen LogP contribution in [0.5, 0.6) is 0 Å². The highest BCUT2D eigenvalue weighted by Crippen LogP contribution is 2.15. The predicted octanol–water partition coefficient (Wildman–Crippen LogP) is -0.104. The van der Waals surface area contributed by atoms with E-state index in [0.29, 0.717) is 0 Å². The molecule has 2 aliphatic heterocycles. The van der Waals surface area contributed by atoms with Gasteiger partial charge >= 0.3 is 0 Å². The third-order valence-electron chi connectivity index (χ3n) is 5.08.